The molecular weight excluding hydrogens is 911 g/mol. The third kappa shape index (κ3) is 9.36. The highest BCUT2D eigenvalue weighted by molar-refractivity contribution is 5.96. The molecule has 19 heteroatoms. The van der Waals surface area contributed by atoms with Crippen LogP contribution >= 0.6 is 0 Å². The second kappa shape index (κ2) is 19.4. The molecule has 358 valence electrons. The molecule has 72 heavy (non-hydrogen) atoms. The van der Waals surface area contributed by atoms with E-state index in [0.717, 1.165) is 97.5 Å². The average molecular weight is 959 g/mol. The van der Waals surface area contributed by atoms with E-state index >= 15 is 0 Å². The van der Waals surface area contributed by atoms with Gasteiger partial charge in [0.05, 0.1) is 55.1 Å². The predicted octanol–water partition coefficient (Wildman–Crippen LogP) is 6.87. The van der Waals surface area contributed by atoms with E-state index in [4.69, 9.17) is 19.4 Å². The van der Waals surface area contributed by atoms with Crippen molar-refractivity contribution in [3.8, 4) is 45.2 Å². The number of nitrogens with zero attached hydrogens (tertiary/aromatic N) is 9. The maximum atomic E-state index is 13.1. The quantitative estimate of drug-likeness (QED) is 0.0652. The number of fused-ring (bicyclic) bond motifs is 2. The number of pyridine rings is 4. The standard InChI is InChI=1S/C53H47N15O4/c69-47(29-39-27-45(64-62-39)34-9-15-54-16-10-34)57-37-5-1-33(2-6-37)44-31-41-42(59-44)11-17-55-52(41)68-23-26-72-49(32-68)66-19-13-35(14-20-66)46-28-40(63-65-46)30-48(70)58-38-7-3-36(4-8-38)51-60-43-12-18-56-53(50(43)61-51)67-21-24-71-25-22-67/h1-20,27-28,31,49H,21-26,29-30,32H2,(H5,54,55,56,57,58,59,60,61,62,63,64,65,69,70)/p+1. The lowest BCUT2D eigenvalue weighted by atomic mass is 10.1. The molecule has 2 amide bonds. The maximum Gasteiger partial charge on any atom is 0.280 e. The van der Waals surface area contributed by atoms with E-state index in [0.29, 0.717) is 50.0 Å². The van der Waals surface area contributed by atoms with Crippen LogP contribution in [0.15, 0.2) is 140 Å². The van der Waals surface area contributed by atoms with E-state index in [1.54, 1.807) is 18.6 Å². The van der Waals surface area contributed by atoms with Crippen LogP contribution in [-0.2, 0) is 31.9 Å². The van der Waals surface area contributed by atoms with Crippen LogP contribution in [0, 0.1) is 0 Å². The number of carbonyl (C=O) groups is 2. The number of imidazole rings is 1. The highest BCUT2D eigenvalue weighted by Crippen LogP contribution is 2.33. The van der Waals surface area contributed by atoms with Gasteiger partial charge in [0.1, 0.15) is 23.7 Å². The van der Waals surface area contributed by atoms with Crippen molar-refractivity contribution in [1.82, 2.24) is 50.3 Å². The van der Waals surface area contributed by atoms with E-state index in [1.165, 1.54) is 0 Å². The lowest BCUT2D eigenvalue weighted by Gasteiger charge is -2.31. The molecule has 0 radical (unpaired) electrons. The number of carbonyl (C=O) groups excluding carboxylic acids is 2. The molecule has 0 saturated carbocycles. The fourth-order valence-corrected chi connectivity index (χ4v) is 9.24. The minimum absolute atomic E-state index is 0.132. The van der Waals surface area contributed by atoms with E-state index in [2.05, 4.69) is 66.8 Å². The van der Waals surface area contributed by atoms with Crippen molar-refractivity contribution in [2.75, 3.05) is 66.4 Å². The first-order valence-corrected chi connectivity index (χ1v) is 23.7. The van der Waals surface area contributed by atoms with Crippen LogP contribution in [0.3, 0.4) is 0 Å². The van der Waals surface area contributed by atoms with Gasteiger partial charge in [-0.25, -0.2) is 15.0 Å². The van der Waals surface area contributed by atoms with Crippen LogP contribution in [0.4, 0.5) is 23.0 Å². The lowest BCUT2D eigenvalue weighted by molar-refractivity contribution is -0.761. The molecule has 0 bridgehead atoms. The Kier molecular flexibility index (Phi) is 11.9. The number of H-pyrrole nitrogens is 4. The molecule has 10 heterocycles. The number of ether oxygens (including phenoxy) is 2. The summed E-state index contributed by atoms with van der Waals surface area (Å²) in [6.45, 7) is 4.69. The van der Waals surface area contributed by atoms with E-state index in [1.807, 2.05) is 120 Å². The highest BCUT2D eigenvalue weighted by atomic mass is 16.5. The van der Waals surface area contributed by atoms with E-state index < -0.39 is 0 Å². The first kappa shape index (κ1) is 44.2. The third-order valence-electron chi connectivity index (χ3n) is 12.9. The van der Waals surface area contributed by atoms with Crippen molar-refractivity contribution in [1.29, 1.82) is 0 Å². The zero-order valence-corrected chi connectivity index (χ0v) is 38.9. The second-order valence-corrected chi connectivity index (χ2v) is 17.7. The molecule has 1 unspecified atom stereocenters. The fraction of sp³-hybridized carbons (Fsp3) is 0.189. The van der Waals surface area contributed by atoms with Gasteiger partial charge in [0.25, 0.3) is 6.23 Å². The van der Waals surface area contributed by atoms with Crippen LogP contribution in [0.2, 0.25) is 0 Å². The number of amides is 2. The topological polar surface area (TPSA) is 228 Å². The van der Waals surface area contributed by atoms with Gasteiger partial charge in [-0.05, 0) is 84.4 Å². The van der Waals surface area contributed by atoms with Gasteiger partial charge >= 0.3 is 0 Å². The minimum Gasteiger partial charge on any atom is -0.378 e. The van der Waals surface area contributed by atoms with Gasteiger partial charge in [-0.3, -0.25) is 24.8 Å². The zero-order chi connectivity index (χ0) is 48.4. The van der Waals surface area contributed by atoms with Crippen LogP contribution in [0.1, 0.15) is 17.6 Å². The maximum absolute atomic E-state index is 13.1. The number of hydrogen-bond donors (Lipinski definition) is 6. The Morgan fingerprint density at radius 2 is 1.24 bits per heavy atom. The Bertz CT molecular complexity index is 3530. The summed E-state index contributed by atoms with van der Waals surface area (Å²) in [7, 11) is 0. The molecule has 10 aromatic rings. The Morgan fingerprint density at radius 3 is 1.92 bits per heavy atom. The summed E-state index contributed by atoms with van der Waals surface area (Å²) in [5, 5.41) is 21.9. The number of morpholine rings is 2. The van der Waals surface area contributed by atoms with Crippen LogP contribution in [-0.4, -0.2) is 108 Å². The van der Waals surface area contributed by atoms with Crippen molar-refractivity contribution >= 4 is 56.8 Å². The largest absolute Gasteiger partial charge is 0.378 e. The lowest BCUT2D eigenvalue weighted by Crippen LogP contribution is -2.51. The van der Waals surface area contributed by atoms with Crippen LogP contribution in [0.5, 0.6) is 0 Å². The van der Waals surface area contributed by atoms with Crippen molar-refractivity contribution in [2.45, 2.75) is 19.1 Å². The monoisotopic (exact) mass is 958 g/mol. The number of aromatic nitrogens is 11. The molecule has 0 spiro atoms. The Morgan fingerprint density at radius 1 is 0.625 bits per heavy atom. The number of rotatable bonds is 13. The van der Waals surface area contributed by atoms with E-state index in [9.17, 15) is 9.59 Å². The third-order valence-corrected chi connectivity index (χ3v) is 12.9. The first-order valence-electron chi connectivity index (χ1n) is 23.7. The Balaban J connectivity index is 0.647. The molecule has 2 fully saturated rings. The smallest absolute Gasteiger partial charge is 0.280 e. The summed E-state index contributed by atoms with van der Waals surface area (Å²) < 4.78 is 13.8. The average Bonchev–Trinajstić information content (AvgIpc) is 4.27. The molecule has 2 aromatic carbocycles. The van der Waals surface area contributed by atoms with Crippen molar-refractivity contribution in [3.05, 3.63) is 152 Å². The Labute approximate surface area is 411 Å². The number of hydrogen-bond acceptors (Lipinski definition) is 12. The molecule has 19 nitrogen and oxygen atoms in total. The molecule has 1 atom stereocenters. The normalized spacial score (nSPS) is 15.0. The van der Waals surface area contributed by atoms with Gasteiger partial charge in [-0.15, -0.1) is 0 Å². The van der Waals surface area contributed by atoms with Gasteiger partial charge in [0.2, 0.25) is 11.8 Å². The molecular formula is C53H48N15O4+. The predicted molar refractivity (Wildman–Crippen MR) is 272 cm³/mol. The van der Waals surface area contributed by atoms with Crippen molar-refractivity contribution < 1.29 is 23.6 Å². The summed E-state index contributed by atoms with van der Waals surface area (Å²) >= 11 is 0. The summed E-state index contributed by atoms with van der Waals surface area (Å²) in [5.41, 5.74) is 11.7. The van der Waals surface area contributed by atoms with Gasteiger partial charge in [-0.2, -0.15) is 14.8 Å². The Hall–Kier alpha value is -9.07. The summed E-state index contributed by atoms with van der Waals surface area (Å²) in [6, 6.07) is 33.0. The molecule has 2 aliphatic rings. The van der Waals surface area contributed by atoms with Crippen molar-refractivity contribution in [2.24, 2.45) is 0 Å². The number of anilines is 4. The molecule has 8 aromatic heterocycles. The SMILES string of the molecule is O=C(Cc1cc(-c2ccncc2)n[nH]1)Nc1ccc(-c2cc3c(N4CCOC([n+]5ccc(-c6cc(CC(=O)Nc7ccc(-c8nc9c(N%10CCOCC%10)nccc9[nH]8)cc7)[nH]n6)cc5)C4)nccc3[nH]2)cc1. The van der Waals surface area contributed by atoms with E-state index in [-0.39, 0.29) is 30.9 Å². The number of nitrogens with one attached hydrogen (secondary N) is 6. The van der Waals surface area contributed by atoms with Gasteiger partial charge in [0, 0.05) is 107 Å². The van der Waals surface area contributed by atoms with Crippen LogP contribution < -0.4 is 25.0 Å². The first-order chi connectivity index (χ1) is 35.4. The molecule has 6 N–H and O–H groups in total. The molecule has 0 aliphatic carbocycles. The van der Waals surface area contributed by atoms with Crippen molar-refractivity contribution in [3.63, 3.8) is 0 Å². The minimum atomic E-state index is -0.250. The van der Waals surface area contributed by atoms with Crippen LogP contribution in [0.25, 0.3) is 67.1 Å². The molecule has 2 saturated heterocycles. The van der Waals surface area contributed by atoms with Gasteiger partial charge in [0.15, 0.2) is 18.2 Å². The fourth-order valence-electron chi connectivity index (χ4n) is 9.24. The van der Waals surface area contributed by atoms with Gasteiger partial charge in [-0.1, -0.05) is 12.1 Å². The zero-order valence-electron chi connectivity index (χ0n) is 38.9. The highest BCUT2D eigenvalue weighted by Gasteiger charge is 2.30. The summed E-state index contributed by atoms with van der Waals surface area (Å²) in [5.74, 6) is 2.15. The summed E-state index contributed by atoms with van der Waals surface area (Å²) in [6.07, 6.45) is 11.1. The van der Waals surface area contributed by atoms with Gasteiger partial charge < -0.3 is 39.9 Å². The summed E-state index contributed by atoms with van der Waals surface area (Å²) in [4.78, 5) is 55.9. The molecule has 2 aliphatic heterocycles. The number of benzene rings is 2. The second-order valence-electron chi connectivity index (χ2n) is 17.7. The number of aromatic amines is 4. The molecule has 12 rings (SSSR count).